The van der Waals surface area contributed by atoms with Gasteiger partial charge in [-0.1, -0.05) is 6.07 Å². The molecule has 1 aromatic carbocycles. The van der Waals surface area contributed by atoms with E-state index in [9.17, 15) is 9.90 Å². The Hall–Kier alpha value is -2.50. The van der Waals surface area contributed by atoms with Crippen LogP contribution in [0.4, 0.5) is 0 Å². The van der Waals surface area contributed by atoms with Crippen LogP contribution in [0.15, 0.2) is 51.9 Å². The topological polar surface area (TPSA) is 66.6 Å². The van der Waals surface area contributed by atoms with Gasteiger partial charge in [0.2, 0.25) is 0 Å². The molecule has 1 fully saturated rings. The summed E-state index contributed by atoms with van der Waals surface area (Å²) in [4.78, 5) is 18.4. The quantitative estimate of drug-likeness (QED) is 0.723. The van der Waals surface area contributed by atoms with Crippen LogP contribution in [0, 0.1) is 13.8 Å². The fourth-order valence-corrected chi connectivity index (χ4v) is 3.86. The van der Waals surface area contributed by atoms with Crippen LogP contribution < -0.4 is 5.63 Å². The van der Waals surface area contributed by atoms with Crippen molar-refractivity contribution in [1.29, 1.82) is 0 Å². The van der Waals surface area contributed by atoms with Gasteiger partial charge in [0, 0.05) is 49.0 Å². The number of fused-ring (bicyclic) bond motifs is 1. The highest BCUT2D eigenvalue weighted by atomic mass is 16.4. The molecule has 0 saturated carbocycles. The predicted molar refractivity (Wildman–Crippen MR) is 105 cm³/mol. The third-order valence-electron chi connectivity index (χ3n) is 5.72. The molecule has 140 valence electrons. The van der Waals surface area contributed by atoms with E-state index in [1.165, 1.54) is 5.56 Å². The van der Waals surface area contributed by atoms with E-state index in [1.54, 1.807) is 18.5 Å². The molecule has 27 heavy (non-hydrogen) atoms. The number of hydrogen-bond acceptors (Lipinski definition) is 5. The van der Waals surface area contributed by atoms with Crippen molar-refractivity contribution >= 4 is 11.0 Å². The van der Waals surface area contributed by atoms with E-state index < -0.39 is 5.60 Å². The van der Waals surface area contributed by atoms with Gasteiger partial charge < -0.3 is 9.52 Å². The summed E-state index contributed by atoms with van der Waals surface area (Å²) in [7, 11) is 0. The van der Waals surface area contributed by atoms with Crippen LogP contribution in [0.25, 0.3) is 11.0 Å². The van der Waals surface area contributed by atoms with Crippen molar-refractivity contribution < 1.29 is 9.52 Å². The Morgan fingerprint density at radius 3 is 2.63 bits per heavy atom. The Morgan fingerprint density at radius 2 is 1.93 bits per heavy atom. The maximum atomic E-state index is 12.0. The van der Waals surface area contributed by atoms with Crippen LogP contribution >= 0.6 is 0 Å². The number of benzene rings is 1. The second-order valence-electron chi connectivity index (χ2n) is 7.57. The van der Waals surface area contributed by atoms with Crippen molar-refractivity contribution in [3.05, 3.63) is 75.4 Å². The minimum Gasteiger partial charge on any atom is -0.423 e. The molecular weight excluding hydrogens is 340 g/mol. The van der Waals surface area contributed by atoms with Crippen molar-refractivity contribution in [1.82, 2.24) is 9.88 Å². The van der Waals surface area contributed by atoms with Gasteiger partial charge in [0.25, 0.3) is 0 Å². The van der Waals surface area contributed by atoms with Gasteiger partial charge in [-0.15, -0.1) is 0 Å². The first-order valence-corrected chi connectivity index (χ1v) is 9.34. The smallest absolute Gasteiger partial charge is 0.336 e. The van der Waals surface area contributed by atoms with Crippen LogP contribution in [-0.2, 0) is 12.1 Å². The van der Waals surface area contributed by atoms with Crippen molar-refractivity contribution in [2.75, 3.05) is 13.1 Å². The molecule has 0 radical (unpaired) electrons. The third kappa shape index (κ3) is 3.53. The standard InChI is InChI=1S/C22H24N2O3/c1-15-10-19-17(12-21(25)27-20(19)11-16(15)2)14-24-8-5-22(26,6-9-24)18-4-3-7-23-13-18/h3-4,7,10-13,26H,5-6,8-9,14H2,1-2H3. The summed E-state index contributed by atoms with van der Waals surface area (Å²) in [6.07, 6.45) is 4.76. The monoisotopic (exact) mass is 364 g/mol. The molecular formula is C22H24N2O3. The predicted octanol–water partition coefficient (Wildman–Crippen LogP) is 3.29. The molecule has 5 heteroatoms. The minimum atomic E-state index is -0.823. The highest BCUT2D eigenvalue weighted by molar-refractivity contribution is 5.81. The fraction of sp³-hybridized carbons (Fsp3) is 0.364. The summed E-state index contributed by atoms with van der Waals surface area (Å²) in [5.74, 6) is 0. The van der Waals surface area contributed by atoms with Crippen molar-refractivity contribution in [3.8, 4) is 0 Å². The molecule has 0 unspecified atom stereocenters. The third-order valence-corrected chi connectivity index (χ3v) is 5.72. The van der Waals surface area contributed by atoms with Crippen LogP contribution in [0.2, 0.25) is 0 Å². The number of hydrogen-bond donors (Lipinski definition) is 1. The maximum absolute atomic E-state index is 12.0. The van der Waals surface area contributed by atoms with Gasteiger partial charge in [0.05, 0.1) is 5.60 Å². The van der Waals surface area contributed by atoms with Crippen LogP contribution in [0.3, 0.4) is 0 Å². The molecule has 0 atom stereocenters. The number of nitrogens with zero attached hydrogens (tertiary/aromatic N) is 2. The van der Waals surface area contributed by atoms with E-state index in [-0.39, 0.29) is 5.63 Å². The molecule has 5 nitrogen and oxygen atoms in total. The maximum Gasteiger partial charge on any atom is 0.336 e. The van der Waals surface area contributed by atoms with Crippen molar-refractivity contribution in [3.63, 3.8) is 0 Å². The molecule has 0 amide bonds. The number of pyridine rings is 1. The minimum absolute atomic E-state index is 0.315. The van der Waals surface area contributed by atoms with Gasteiger partial charge in [0.1, 0.15) is 5.58 Å². The van der Waals surface area contributed by atoms with E-state index in [2.05, 4.69) is 22.9 Å². The lowest BCUT2D eigenvalue weighted by Gasteiger charge is -2.38. The Balaban J connectivity index is 1.56. The van der Waals surface area contributed by atoms with Gasteiger partial charge >= 0.3 is 5.63 Å². The van der Waals surface area contributed by atoms with E-state index in [0.29, 0.717) is 25.0 Å². The lowest BCUT2D eigenvalue weighted by molar-refractivity contribution is -0.0279. The first kappa shape index (κ1) is 17.9. The Bertz CT molecular complexity index is 1020. The Kier molecular flexibility index (Phi) is 4.58. The highest BCUT2D eigenvalue weighted by Crippen LogP contribution is 2.33. The van der Waals surface area contributed by atoms with E-state index >= 15 is 0 Å². The first-order chi connectivity index (χ1) is 12.9. The molecule has 4 rings (SSSR count). The molecule has 2 aromatic heterocycles. The van der Waals surface area contributed by atoms with Gasteiger partial charge in [-0.2, -0.15) is 0 Å². The summed E-state index contributed by atoms with van der Waals surface area (Å²) < 4.78 is 5.40. The summed E-state index contributed by atoms with van der Waals surface area (Å²) in [6, 6.07) is 9.42. The Labute approximate surface area is 158 Å². The van der Waals surface area contributed by atoms with Gasteiger partial charge in [-0.3, -0.25) is 9.88 Å². The Morgan fingerprint density at radius 1 is 1.19 bits per heavy atom. The molecule has 1 aliphatic rings. The zero-order valence-electron chi connectivity index (χ0n) is 15.7. The molecule has 3 aromatic rings. The molecule has 1 saturated heterocycles. The van der Waals surface area contributed by atoms with Gasteiger partial charge in [-0.25, -0.2) is 4.79 Å². The lowest BCUT2D eigenvalue weighted by atomic mass is 9.85. The molecule has 0 bridgehead atoms. The first-order valence-electron chi connectivity index (χ1n) is 9.34. The second kappa shape index (κ2) is 6.91. The zero-order valence-corrected chi connectivity index (χ0v) is 15.7. The van der Waals surface area contributed by atoms with Gasteiger partial charge in [0.15, 0.2) is 0 Å². The number of rotatable bonds is 3. The zero-order chi connectivity index (χ0) is 19.0. The molecule has 0 spiro atoms. The summed E-state index contributed by atoms with van der Waals surface area (Å²) in [5, 5.41) is 12.0. The van der Waals surface area contributed by atoms with E-state index in [0.717, 1.165) is 35.2 Å². The molecule has 1 N–H and O–H groups in total. The van der Waals surface area contributed by atoms with Crippen LogP contribution in [-0.4, -0.2) is 28.1 Å². The van der Waals surface area contributed by atoms with Crippen molar-refractivity contribution in [2.24, 2.45) is 0 Å². The average molecular weight is 364 g/mol. The highest BCUT2D eigenvalue weighted by Gasteiger charge is 2.34. The lowest BCUT2D eigenvalue weighted by Crippen LogP contribution is -2.42. The largest absolute Gasteiger partial charge is 0.423 e. The molecule has 1 aliphatic heterocycles. The van der Waals surface area contributed by atoms with Crippen molar-refractivity contribution in [2.45, 2.75) is 38.8 Å². The average Bonchev–Trinajstić information content (AvgIpc) is 2.66. The second-order valence-corrected chi connectivity index (χ2v) is 7.57. The van der Waals surface area contributed by atoms with E-state index in [4.69, 9.17) is 4.42 Å². The number of aliphatic hydroxyl groups is 1. The number of aryl methyl sites for hydroxylation is 2. The number of aromatic nitrogens is 1. The van der Waals surface area contributed by atoms with Crippen LogP contribution in [0.1, 0.15) is 35.1 Å². The molecule has 0 aliphatic carbocycles. The number of piperidine rings is 1. The summed E-state index contributed by atoms with van der Waals surface area (Å²) in [6.45, 7) is 6.29. The summed E-state index contributed by atoms with van der Waals surface area (Å²) in [5.41, 5.74) is 3.66. The molecule has 3 heterocycles. The normalized spacial score (nSPS) is 17.3. The fourth-order valence-electron chi connectivity index (χ4n) is 3.86. The van der Waals surface area contributed by atoms with Crippen LogP contribution in [0.5, 0.6) is 0 Å². The van der Waals surface area contributed by atoms with Gasteiger partial charge in [-0.05, 0) is 61.6 Å². The summed E-state index contributed by atoms with van der Waals surface area (Å²) >= 11 is 0. The number of likely N-dealkylation sites (tertiary alicyclic amines) is 1. The van der Waals surface area contributed by atoms with E-state index in [1.807, 2.05) is 25.1 Å². The SMILES string of the molecule is Cc1cc2oc(=O)cc(CN3CCC(O)(c4cccnc4)CC3)c2cc1C.